The molecule has 2 nitrogen and oxygen atoms in total. The summed E-state index contributed by atoms with van der Waals surface area (Å²) in [7, 11) is 2.04. The van der Waals surface area contributed by atoms with E-state index < -0.39 is 0 Å². The zero-order valence-corrected chi connectivity index (χ0v) is 11.5. The number of benzene rings is 1. The van der Waals surface area contributed by atoms with E-state index >= 15 is 0 Å². The van der Waals surface area contributed by atoms with Crippen LogP contribution in [0, 0.1) is 0 Å². The Kier molecular flexibility index (Phi) is 4.75. The predicted molar refractivity (Wildman–Crippen MR) is 75.1 cm³/mol. The highest BCUT2D eigenvalue weighted by atomic mass is 32.2. The molecule has 0 radical (unpaired) electrons. The second-order valence-corrected chi connectivity index (χ2v) is 5.38. The Hall–Kier alpha value is -0.670. The molecule has 94 valence electrons. The van der Waals surface area contributed by atoms with E-state index in [4.69, 9.17) is 4.74 Å². The lowest BCUT2D eigenvalue weighted by molar-refractivity contribution is 0.336. The number of rotatable bonds is 5. The molecule has 1 aromatic carbocycles. The van der Waals surface area contributed by atoms with Crippen LogP contribution in [0.25, 0.3) is 0 Å². The summed E-state index contributed by atoms with van der Waals surface area (Å²) in [5.74, 6) is 2.15. The van der Waals surface area contributed by atoms with Crippen molar-refractivity contribution in [3.05, 3.63) is 29.3 Å². The smallest absolute Gasteiger partial charge is 0.122 e. The van der Waals surface area contributed by atoms with E-state index in [1.54, 1.807) is 0 Å². The molecule has 1 unspecified atom stereocenters. The van der Waals surface area contributed by atoms with Crippen LogP contribution >= 0.6 is 11.8 Å². The summed E-state index contributed by atoms with van der Waals surface area (Å²) in [6.07, 6.45) is 5.75. The van der Waals surface area contributed by atoms with Crippen LogP contribution in [0.2, 0.25) is 0 Å². The third-order valence-electron chi connectivity index (χ3n) is 3.36. The van der Waals surface area contributed by atoms with Crippen molar-refractivity contribution < 1.29 is 4.74 Å². The van der Waals surface area contributed by atoms with Crippen LogP contribution < -0.4 is 10.1 Å². The highest BCUT2D eigenvalue weighted by molar-refractivity contribution is 7.98. The highest BCUT2D eigenvalue weighted by Gasteiger charge is 2.21. The second-order valence-electron chi connectivity index (χ2n) is 4.40. The number of hydrogen-bond donors (Lipinski definition) is 1. The maximum absolute atomic E-state index is 5.89. The maximum atomic E-state index is 5.89. The van der Waals surface area contributed by atoms with Gasteiger partial charge in [0.1, 0.15) is 5.75 Å². The second kappa shape index (κ2) is 6.31. The van der Waals surface area contributed by atoms with Crippen molar-refractivity contribution in [3.63, 3.8) is 0 Å². The van der Waals surface area contributed by atoms with Crippen molar-refractivity contribution >= 4 is 11.8 Å². The van der Waals surface area contributed by atoms with E-state index in [9.17, 15) is 0 Å². The van der Waals surface area contributed by atoms with Crippen molar-refractivity contribution in [1.82, 2.24) is 5.32 Å². The Bertz CT molecular complexity index is 367. The Morgan fingerprint density at radius 1 is 1.47 bits per heavy atom. The number of ether oxygens (including phenoxy) is 1. The van der Waals surface area contributed by atoms with Crippen LogP contribution in [0.3, 0.4) is 0 Å². The average molecular weight is 251 g/mol. The predicted octanol–water partition coefficient (Wildman–Crippen LogP) is 3.03. The molecular formula is C14H21NOS. The molecule has 0 fully saturated rings. The maximum Gasteiger partial charge on any atom is 0.122 e. The average Bonchev–Trinajstić information content (AvgIpc) is 2.38. The van der Waals surface area contributed by atoms with Crippen LogP contribution in [0.15, 0.2) is 18.2 Å². The first-order valence-electron chi connectivity index (χ1n) is 6.27. The summed E-state index contributed by atoms with van der Waals surface area (Å²) >= 11 is 1.83. The molecule has 0 aliphatic heterocycles. The summed E-state index contributed by atoms with van der Waals surface area (Å²) in [5, 5.41) is 3.39. The Morgan fingerprint density at radius 2 is 2.35 bits per heavy atom. The molecule has 1 aromatic rings. The zero-order chi connectivity index (χ0) is 12.1. The molecule has 3 heteroatoms. The van der Waals surface area contributed by atoms with E-state index in [-0.39, 0.29) is 0 Å². The van der Waals surface area contributed by atoms with E-state index in [1.165, 1.54) is 24.0 Å². The van der Waals surface area contributed by atoms with Gasteiger partial charge in [0.05, 0.1) is 6.61 Å². The van der Waals surface area contributed by atoms with Gasteiger partial charge in [0.15, 0.2) is 0 Å². The molecule has 0 bridgehead atoms. The third-order valence-corrected chi connectivity index (χ3v) is 3.93. The first-order chi connectivity index (χ1) is 8.36. The third kappa shape index (κ3) is 2.96. The molecule has 0 saturated carbocycles. The molecule has 1 aliphatic carbocycles. The molecule has 0 aromatic heterocycles. The standard InChI is InChI=1S/C14H21NOS/c1-15-13-7-3-6-12-11(13)5-4-8-14(12)16-9-10-17-2/h4-5,8,13,15H,3,6-7,9-10H2,1-2H3. The van der Waals surface area contributed by atoms with Gasteiger partial charge in [0, 0.05) is 11.8 Å². The van der Waals surface area contributed by atoms with Crippen molar-refractivity contribution in [2.75, 3.05) is 25.7 Å². The molecule has 0 amide bonds. The van der Waals surface area contributed by atoms with Crippen LogP contribution in [-0.4, -0.2) is 25.7 Å². The summed E-state index contributed by atoms with van der Waals surface area (Å²) in [4.78, 5) is 0. The van der Waals surface area contributed by atoms with Crippen molar-refractivity contribution in [1.29, 1.82) is 0 Å². The topological polar surface area (TPSA) is 21.3 Å². The van der Waals surface area contributed by atoms with Crippen LogP contribution in [-0.2, 0) is 6.42 Å². The fourth-order valence-electron chi connectivity index (χ4n) is 2.49. The van der Waals surface area contributed by atoms with Gasteiger partial charge in [-0.3, -0.25) is 0 Å². The van der Waals surface area contributed by atoms with Crippen molar-refractivity contribution in [2.24, 2.45) is 0 Å². The minimum Gasteiger partial charge on any atom is -0.492 e. The zero-order valence-electron chi connectivity index (χ0n) is 10.7. The Balaban J connectivity index is 2.17. The monoisotopic (exact) mass is 251 g/mol. The first kappa shape index (κ1) is 12.8. The molecule has 2 rings (SSSR count). The van der Waals surface area contributed by atoms with Crippen LogP contribution in [0.5, 0.6) is 5.75 Å². The van der Waals surface area contributed by atoms with Gasteiger partial charge in [0.25, 0.3) is 0 Å². The molecular weight excluding hydrogens is 230 g/mol. The number of hydrogen-bond acceptors (Lipinski definition) is 3. The molecule has 1 aliphatic rings. The van der Waals surface area contributed by atoms with Crippen LogP contribution in [0.4, 0.5) is 0 Å². The highest BCUT2D eigenvalue weighted by Crippen LogP contribution is 2.35. The fraction of sp³-hybridized carbons (Fsp3) is 0.571. The lowest BCUT2D eigenvalue weighted by Crippen LogP contribution is -2.22. The van der Waals surface area contributed by atoms with E-state index in [0.717, 1.165) is 24.5 Å². The molecule has 1 atom stereocenters. The van der Waals surface area contributed by atoms with Gasteiger partial charge < -0.3 is 10.1 Å². The van der Waals surface area contributed by atoms with Gasteiger partial charge in [-0.2, -0.15) is 11.8 Å². The van der Waals surface area contributed by atoms with Crippen LogP contribution in [0.1, 0.15) is 30.0 Å². The van der Waals surface area contributed by atoms with Gasteiger partial charge in [-0.15, -0.1) is 0 Å². The SMILES string of the molecule is CNC1CCCc2c(OCCSC)cccc21. The van der Waals surface area contributed by atoms with E-state index in [0.29, 0.717) is 6.04 Å². The molecule has 17 heavy (non-hydrogen) atoms. The largest absolute Gasteiger partial charge is 0.492 e. The quantitative estimate of drug-likeness (QED) is 0.813. The minimum atomic E-state index is 0.503. The van der Waals surface area contributed by atoms with Gasteiger partial charge in [-0.1, -0.05) is 12.1 Å². The Morgan fingerprint density at radius 3 is 3.12 bits per heavy atom. The molecule has 0 spiro atoms. The van der Waals surface area contributed by atoms with E-state index in [2.05, 4.69) is 29.8 Å². The summed E-state index contributed by atoms with van der Waals surface area (Å²) in [6.45, 7) is 0.807. The Labute approximate surface area is 108 Å². The fourth-order valence-corrected chi connectivity index (χ4v) is 2.74. The van der Waals surface area contributed by atoms with Crippen molar-refractivity contribution in [3.8, 4) is 5.75 Å². The molecule has 0 heterocycles. The minimum absolute atomic E-state index is 0.503. The lowest BCUT2D eigenvalue weighted by Gasteiger charge is -2.26. The van der Waals surface area contributed by atoms with Gasteiger partial charge in [-0.25, -0.2) is 0 Å². The first-order valence-corrected chi connectivity index (χ1v) is 7.67. The number of fused-ring (bicyclic) bond motifs is 1. The summed E-state index contributed by atoms with van der Waals surface area (Å²) in [6, 6.07) is 6.96. The van der Waals surface area contributed by atoms with Crippen molar-refractivity contribution in [2.45, 2.75) is 25.3 Å². The number of nitrogens with one attached hydrogen (secondary N) is 1. The number of thioether (sulfide) groups is 1. The molecule has 1 N–H and O–H groups in total. The van der Waals surface area contributed by atoms with Gasteiger partial charge in [0.2, 0.25) is 0 Å². The summed E-state index contributed by atoms with van der Waals surface area (Å²) < 4.78 is 5.89. The van der Waals surface area contributed by atoms with Gasteiger partial charge >= 0.3 is 0 Å². The van der Waals surface area contributed by atoms with Gasteiger partial charge in [-0.05, 0) is 49.8 Å². The normalized spacial score (nSPS) is 18.8. The lowest BCUT2D eigenvalue weighted by atomic mass is 9.87. The summed E-state index contributed by atoms with van der Waals surface area (Å²) in [5.41, 5.74) is 2.85. The molecule has 0 saturated heterocycles. The van der Waals surface area contributed by atoms with E-state index in [1.807, 2.05) is 18.8 Å².